The van der Waals surface area contributed by atoms with Gasteiger partial charge in [0.15, 0.2) is 5.79 Å². The van der Waals surface area contributed by atoms with E-state index < -0.39 is 14.1 Å². The van der Waals surface area contributed by atoms with Crippen molar-refractivity contribution in [3.8, 4) is 0 Å². The van der Waals surface area contributed by atoms with Crippen LogP contribution >= 0.6 is 0 Å². The summed E-state index contributed by atoms with van der Waals surface area (Å²) in [6.45, 7) is 13.1. The third-order valence-electron chi connectivity index (χ3n) is 6.93. The fraction of sp³-hybridized carbons (Fsp3) is 0.538. The zero-order valence-corrected chi connectivity index (χ0v) is 20.1. The molecule has 3 nitrogen and oxygen atoms in total. The molecule has 4 heteroatoms. The minimum absolute atomic E-state index is 0.0126. The molecule has 2 fully saturated rings. The quantitative estimate of drug-likeness (QED) is 0.655. The van der Waals surface area contributed by atoms with Crippen LogP contribution in [-0.2, 0) is 13.9 Å². The molecular weight excluding hydrogens is 388 g/mol. The molecule has 1 aliphatic carbocycles. The highest BCUT2D eigenvalue weighted by Crippen LogP contribution is 2.49. The number of hydrogen-bond acceptors (Lipinski definition) is 3. The number of ether oxygens (including phenoxy) is 2. The lowest BCUT2D eigenvalue weighted by molar-refractivity contribution is -0.215. The summed E-state index contributed by atoms with van der Waals surface area (Å²) >= 11 is 0. The van der Waals surface area contributed by atoms with E-state index in [2.05, 4.69) is 95.3 Å². The monoisotopic (exact) mass is 424 g/mol. The van der Waals surface area contributed by atoms with Crippen LogP contribution in [0.1, 0.15) is 53.9 Å². The first-order valence-corrected chi connectivity index (χ1v) is 13.2. The topological polar surface area (TPSA) is 27.7 Å². The Balaban J connectivity index is 1.77. The normalized spacial score (nSPS) is 23.6. The summed E-state index contributed by atoms with van der Waals surface area (Å²) in [6.07, 6.45) is 2.89. The van der Waals surface area contributed by atoms with Gasteiger partial charge in [-0.2, -0.15) is 0 Å². The summed E-state index contributed by atoms with van der Waals surface area (Å²) in [5, 5.41) is 2.67. The molecule has 0 radical (unpaired) electrons. The maximum Gasteiger partial charge on any atom is 0.261 e. The lowest BCUT2D eigenvalue weighted by Crippen LogP contribution is -2.69. The Morgan fingerprint density at radius 2 is 1.37 bits per heavy atom. The molecule has 1 saturated heterocycles. The van der Waals surface area contributed by atoms with Gasteiger partial charge in [0.2, 0.25) is 0 Å². The molecule has 1 heterocycles. The zero-order valence-electron chi connectivity index (χ0n) is 19.1. The smallest absolute Gasteiger partial charge is 0.261 e. The molecule has 1 atom stereocenters. The molecular formula is C26H36O3Si. The minimum Gasteiger partial charge on any atom is -0.404 e. The first kappa shape index (κ1) is 21.8. The van der Waals surface area contributed by atoms with E-state index in [0.717, 1.165) is 19.3 Å². The summed E-state index contributed by atoms with van der Waals surface area (Å²) in [6, 6.07) is 21.9. The highest BCUT2D eigenvalue weighted by molar-refractivity contribution is 6.99. The fourth-order valence-corrected chi connectivity index (χ4v) is 10.4. The highest BCUT2D eigenvalue weighted by atomic mass is 28.4. The van der Waals surface area contributed by atoms with E-state index in [9.17, 15) is 0 Å². The Labute approximate surface area is 182 Å². The third kappa shape index (κ3) is 3.79. The van der Waals surface area contributed by atoms with Crippen molar-refractivity contribution >= 4 is 18.7 Å². The van der Waals surface area contributed by atoms with Gasteiger partial charge in [0.25, 0.3) is 8.32 Å². The van der Waals surface area contributed by atoms with E-state index in [0.29, 0.717) is 13.2 Å². The second-order valence-electron chi connectivity index (χ2n) is 10.6. The predicted molar refractivity (Wildman–Crippen MR) is 125 cm³/mol. The van der Waals surface area contributed by atoms with Gasteiger partial charge in [-0.25, -0.2) is 0 Å². The van der Waals surface area contributed by atoms with Crippen molar-refractivity contribution < 1.29 is 13.9 Å². The molecule has 0 bridgehead atoms. The summed E-state index contributed by atoms with van der Waals surface area (Å²) in [7, 11) is -2.56. The molecule has 2 aromatic carbocycles. The lowest BCUT2D eigenvalue weighted by atomic mass is 9.72. The van der Waals surface area contributed by atoms with Gasteiger partial charge < -0.3 is 13.9 Å². The van der Waals surface area contributed by atoms with Crippen molar-refractivity contribution in [2.24, 2.45) is 5.41 Å². The molecule has 1 aliphatic heterocycles. The Hall–Kier alpha value is -1.46. The van der Waals surface area contributed by atoms with Crippen molar-refractivity contribution in [1.82, 2.24) is 0 Å². The molecule has 0 amide bonds. The van der Waals surface area contributed by atoms with Gasteiger partial charge in [0.05, 0.1) is 19.3 Å². The van der Waals surface area contributed by atoms with E-state index in [-0.39, 0.29) is 16.6 Å². The lowest BCUT2D eigenvalue weighted by Gasteiger charge is -2.52. The first-order chi connectivity index (χ1) is 14.2. The van der Waals surface area contributed by atoms with Crippen LogP contribution in [0, 0.1) is 5.41 Å². The Bertz CT molecular complexity index is 796. The average Bonchev–Trinajstić information content (AvgIpc) is 3.15. The van der Waals surface area contributed by atoms with Crippen molar-refractivity contribution in [3.05, 3.63) is 60.7 Å². The van der Waals surface area contributed by atoms with Crippen molar-refractivity contribution in [2.45, 2.75) is 70.8 Å². The van der Waals surface area contributed by atoms with E-state index >= 15 is 0 Å². The van der Waals surface area contributed by atoms with Gasteiger partial charge in [-0.05, 0) is 27.2 Å². The van der Waals surface area contributed by atoms with E-state index in [1.165, 1.54) is 10.4 Å². The van der Waals surface area contributed by atoms with E-state index in [1.807, 2.05) is 0 Å². The standard InChI is InChI=1S/C26H36O3Si/c1-24(2,3)30(21-12-8-6-9-13-21,22-14-10-7-11-15-22)29-23-16-17-26(20-25(23,4)5)27-18-19-28-26/h6-15,23H,16-20H2,1-5H3/t23-/m0/s1. The van der Waals surface area contributed by atoms with Gasteiger partial charge in [-0.3, -0.25) is 0 Å². The number of hydrogen-bond donors (Lipinski definition) is 0. The average molecular weight is 425 g/mol. The SMILES string of the molecule is CC1(C)CC2(CC[C@@H]1O[Si](c1ccccc1)(c1ccccc1)C(C)(C)C)OCCO2. The van der Waals surface area contributed by atoms with E-state index in [1.54, 1.807) is 0 Å². The van der Waals surface area contributed by atoms with Gasteiger partial charge in [0.1, 0.15) is 0 Å². The molecule has 162 valence electrons. The zero-order chi connectivity index (χ0) is 21.5. The molecule has 2 aromatic rings. The van der Waals surface area contributed by atoms with Crippen molar-refractivity contribution in [1.29, 1.82) is 0 Å². The predicted octanol–water partition coefficient (Wildman–Crippen LogP) is 4.88. The second kappa shape index (κ2) is 7.90. The Morgan fingerprint density at radius 1 is 0.867 bits per heavy atom. The van der Waals surface area contributed by atoms with Crippen LogP contribution in [0.15, 0.2) is 60.7 Å². The van der Waals surface area contributed by atoms with Crippen LogP contribution in [0.25, 0.3) is 0 Å². The van der Waals surface area contributed by atoms with E-state index in [4.69, 9.17) is 13.9 Å². The van der Waals surface area contributed by atoms with Gasteiger partial charge in [-0.15, -0.1) is 0 Å². The van der Waals surface area contributed by atoms with Crippen LogP contribution in [0.5, 0.6) is 0 Å². The molecule has 4 rings (SSSR count). The van der Waals surface area contributed by atoms with Crippen LogP contribution < -0.4 is 10.4 Å². The van der Waals surface area contributed by atoms with Crippen LogP contribution in [0.4, 0.5) is 0 Å². The summed E-state index contributed by atoms with van der Waals surface area (Å²) < 4.78 is 19.6. The Kier molecular flexibility index (Phi) is 5.73. The number of rotatable bonds is 4. The van der Waals surface area contributed by atoms with Gasteiger partial charge in [0, 0.05) is 12.8 Å². The largest absolute Gasteiger partial charge is 0.404 e. The minimum atomic E-state index is -2.56. The van der Waals surface area contributed by atoms with Gasteiger partial charge >= 0.3 is 0 Å². The molecule has 1 spiro atoms. The summed E-state index contributed by atoms with van der Waals surface area (Å²) in [5.41, 5.74) is -0.0321. The van der Waals surface area contributed by atoms with Gasteiger partial charge in [-0.1, -0.05) is 95.3 Å². The molecule has 0 N–H and O–H groups in total. The summed E-state index contributed by atoms with van der Waals surface area (Å²) in [4.78, 5) is 0. The Morgan fingerprint density at radius 3 is 1.80 bits per heavy atom. The van der Waals surface area contributed by atoms with Crippen LogP contribution in [-0.4, -0.2) is 33.4 Å². The van der Waals surface area contributed by atoms with Crippen LogP contribution in [0.2, 0.25) is 5.04 Å². The third-order valence-corrected chi connectivity index (χ3v) is 12.0. The van der Waals surface area contributed by atoms with Crippen LogP contribution in [0.3, 0.4) is 0 Å². The molecule has 2 aliphatic rings. The molecule has 0 unspecified atom stereocenters. The van der Waals surface area contributed by atoms with Crippen molar-refractivity contribution in [3.63, 3.8) is 0 Å². The maximum absolute atomic E-state index is 7.46. The fourth-order valence-electron chi connectivity index (χ4n) is 5.50. The second-order valence-corrected chi connectivity index (χ2v) is 14.8. The first-order valence-electron chi connectivity index (χ1n) is 11.3. The van der Waals surface area contributed by atoms with Crippen molar-refractivity contribution in [2.75, 3.05) is 13.2 Å². The molecule has 30 heavy (non-hydrogen) atoms. The summed E-state index contributed by atoms with van der Waals surface area (Å²) in [5.74, 6) is -0.408. The number of benzene rings is 2. The molecule has 0 aromatic heterocycles. The highest BCUT2D eigenvalue weighted by Gasteiger charge is 2.56. The maximum atomic E-state index is 7.46. The molecule has 1 saturated carbocycles.